The molecule has 0 aromatic carbocycles. The third-order valence-corrected chi connectivity index (χ3v) is 1.25. The van der Waals surface area contributed by atoms with E-state index in [0.717, 1.165) is 9.90 Å². The standard InChI is InChI=1S/C3H2BrN3O2/c4-7-2(3(8)9)1-5-6-7/h1H,(H,8,9). The predicted octanol–water partition coefficient (Wildman–Crippen LogP) is 0.134. The number of carbonyl (C=O) groups is 1. The van der Waals surface area contributed by atoms with Crippen molar-refractivity contribution in [3.63, 3.8) is 0 Å². The molecule has 0 unspecified atom stereocenters. The van der Waals surface area contributed by atoms with Crippen LogP contribution in [0.4, 0.5) is 0 Å². The van der Waals surface area contributed by atoms with Gasteiger partial charge in [-0.15, -0.1) is 5.10 Å². The van der Waals surface area contributed by atoms with E-state index in [2.05, 4.69) is 26.5 Å². The lowest BCUT2D eigenvalue weighted by Gasteiger charge is -1.85. The molecule has 48 valence electrons. The Labute approximate surface area is 58.6 Å². The lowest BCUT2D eigenvalue weighted by molar-refractivity contribution is 0.0689. The van der Waals surface area contributed by atoms with Crippen LogP contribution < -0.4 is 0 Å². The number of carboxylic acid groups (broad SMARTS) is 1. The van der Waals surface area contributed by atoms with Crippen molar-refractivity contribution in [1.29, 1.82) is 0 Å². The average molecular weight is 192 g/mol. The molecular weight excluding hydrogens is 190 g/mol. The number of nitrogens with zero attached hydrogens (tertiary/aromatic N) is 3. The Bertz CT molecular complexity index is 233. The van der Waals surface area contributed by atoms with Gasteiger partial charge >= 0.3 is 5.97 Å². The third kappa shape index (κ3) is 1.07. The molecule has 1 heterocycles. The summed E-state index contributed by atoms with van der Waals surface area (Å²) in [6.07, 6.45) is 1.15. The van der Waals surface area contributed by atoms with Crippen molar-refractivity contribution in [2.45, 2.75) is 0 Å². The molecule has 0 spiro atoms. The molecule has 0 aliphatic carbocycles. The summed E-state index contributed by atoms with van der Waals surface area (Å²) in [6.45, 7) is 0. The van der Waals surface area contributed by atoms with Crippen LogP contribution in [0.15, 0.2) is 6.20 Å². The fourth-order valence-corrected chi connectivity index (χ4v) is 0.681. The number of hydrogen-bond donors (Lipinski definition) is 1. The molecule has 9 heavy (non-hydrogen) atoms. The Kier molecular flexibility index (Phi) is 1.48. The molecule has 0 saturated heterocycles. The van der Waals surface area contributed by atoms with Gasteiger partial charge in [-0.1, -0.05) is 5.21 Å². The minimum absolute atomic E-state index is 0.00926. The second-order valence-electron chi connectivity index (χ2n) is 1.28. The first-order valence-electron chi connectivity index (χ1n) is 2.02. The van der Waals surface area contributed by atoms with Crippen molar-refractivity contribution in [3.05, 3.63) is 11.9 Å². The van der Waals surface area contributed by atoms with Gasteiger partial charge in [-0.2, -0.15) is 3.71 Å². The summed E-state index contributed by atoms with van der Waals surface area (Å²) in [5.41, 5.74) is 0.00926. The van der Waals surface area contributed by atoms with E-state index in [9.17, 15) is 4.79 Å². The largest absolute Gasteiger partial charge is 0.476 e. The van der Waals surface area contributed by atoms with Crippen molar-refractivity contribution in [1.82, 2.24) is 14.0 Å². The maximum atomic E-state index is 10.2. The van der Waals surface area contributed by atoms with Gasteiger partial charge in [-0.25, -0.2) is 4.79 Å². The van der Waals surface area contributed by atoms with Crippen LogP contribution in [0.25, 0.3) is 0 Å². The first kappa shape index (κ1) is 6.21. The highest BCUT2D eigenvalue weighted by Crippen LogP contribution is 1.97. The fourth-order valence-electron chi connectivity index (χ4n) is 0.356. The highest BCUT2D eigenvalue weighted by atomic mass is 79.9. The summed E-state index contributed by atoms with van der Waals surface area (Å²) in [5.74, 6) is -1.06. The molecule has 0 radical (unpaired) electrons. The summed E-state index contributed by atoms with van der Waals surface area (Å²) in [5, 5.41) is 15.0. The van der Waals surface area contributed by atoms with E-state index in [1.54, 1.807) is 0 Å². The molecule has 0 fully saturated rings. The van der Waals surface area contributed by atoms with Crippen LogP contribution in [0, 0.1) is 0 Å². The Balaban J connectivity index is 3.08. The quantitative estimate of drug-likeness (QED) is 0.686. The molecule has 1 aromatic heterocycles. The maximum Gasteiger partial charge on any atom is 0.356 e. The number of rotatable bonds is 1. The number of aromatic carboxylic acids is 1. The SMILES string of the molecule is O=C(O)c1cnnn1Br. The van der Waals surface area contributed by atoms with E-state index in [-0.39, 0.29) is 5.69 Å². The van der Waals surface area contributed by atoms with Crippen LogP contribution in [0.2, 0.25) is 0 Å². The molecule has 0 atom stereocenters. The smallest absolute Gasteiger partial charge is 0.356 e. The number of carboxylic acids is 1. The van der Waals surface area contributed by atoms with Gasteiger partial charge in [0.1, 0.15) is 0 Å². The zero-order valence-electron chi connectivity index (χ0n) is 4.15. The van der Waals surface area contributed by atoms with E-state index in [1.807, 2.05) is 0 Å². The second kappa shape index (κ2) is 2.14. The first-order chi connectivity index (χ1) is 4.22. The predicted molar refractivity (Wildman–Crippen MR) is 31.3 cm³/mol. The normalized spacial score (nSPS) is 9.44. The summed E-state index contributed by atoms with van der Waals surface area (Å²) in [7, 11) is 0. The van der Waals surface area contributed by atoms with Crippen molar-refractivity contribution in [2.75, 3.05) is 0 Å². The first-order valence-corrected chi connectivity index (χ1v) is 2.73. The van der Waals surface area contributed by atoms with Gasteiger partial charge in [0.2, 0.25) is 0 Å². The zero-order valence-corrected chi connectivity index (χ0v) is 5.74. The number of aromatic nitrogens is 3. The lowest BCUT2D eigenvalue weighted by atomic mass is 10.5. The average Bonchev–Trinajstić information content (AvgIpc) is 2.13. The van der Waals surface area contributed by atoms with Gasteiger partial charge in [0.25, 0.3) is 0 Å². The fraction of sp³-hybridized carbons (Fsp3) is 0. The molecule has 0 saturated carbocycles. The highest BCUT2D eigenvalue weighted by Gasteiger charge is 2.07. The molecular formula is C3H2BrN3O2. The van der Waals surface area contributed by atoms with Crippen LogP contribution in [0.5, 0.6) is 0 Å². The highest BCUT2D eigenvalue weighted by molar-refractivity contribution is 9.08. The lowest BCUT2D eigenvalue weighted by Crippen LogP contribution is -2.00. The van der Waals surface area contributed by atoms with Crippen molar-refractivity contribution in [2.24, 2.45) is 0 Å². The zero-order chi connectivity index (χ0) is 6.85. The van der Waals surface area contributed by atoms with Crippen molar-refractivity contribution < 1.29 is 9.90 Å². The maximum absolute atomic E-state index is 10.2. The van der Waals surface area contributed by atoms with Crippen molar-refractivity contribution in [3.8, 4) is 0 Å². The number of halogens is 1. The van der Waals surface area contributed by atoms with Gasteiger partial charge in [0.15, 0.2) is 5.69 Å². The molecule has 1 aromatic rings. The van der Waals surface area contributed by atoms with E-state index < -0.39 is 5.97 Å². The van der Waals surface area contributed by atoms with Gasteiger partial charge in [0, 0.05) is 0 Å². The summed E-state index contributed by atoms with van der Waals surface area (Å²) in [4.78, 5) is 10.2. The van der Waals surface area contributed by atoms with Crippen LogP contribution in [-0.2, 0) is 0 Å². The van der Waals surface area contributed by atoms with E-state index in [0.29, 0.717) is 0 Å². The van der Waals surface area contributed by atoms with Gasteiger partial charge < -0.3 is 5.11 Å². The van der Waals surface area contributed by atoms with Crippen LogP contribution in [0.3, 0.4) is 0 Å². The molecule has 0 bridgehead atoms. The van der Waals surface area contributed by atoms with Gasteiger partial charge in [-0.3, -0.25) is 0 Å². The Morgan fingerprint density at radius 2 is 2.56 bits per heavy atom. The minimum Gasteiger partial charge on any atom is -0.476 e. The van der Waals surface area contributed by atoms with E-state index >= 15 is 0 Å². The molecule has 5 nitrogen and oxygen atoms in total. The Morgan fingerprint density at radius 3 is 2.78 bits per heavy atom. The van der Waals surface area contributed by atoms with Crippen LogP contribution >= 0.6 is 16.1 Å². The van der Waals surface area contributed by atoms with Crippen LogP contribution in [-0.4, -0.2) is 25.1 Å². The van der Waals surface area contributed by atoms with Crippen molar-refractivity contribution >= 4 is 22.1 Å². The molecule has 1 rings (SSSR count). The van der Waals surface area contributed by atoms with Gasteiger partial charge in [0.05, 0.1) is 22.3 Å². The Morgan fingerprint density at radius 1 is 1.89 bits per heavy atom. The molecule has 0 amide bonds. The molecule has 1 N–H and O–H groups in total. The topological polar surface area (TPSA) is 68.0 Å². The third-order valence-electron chi connectivity index (χ3n) is 0.728. The molecule has 0 aliphatic heterocycles. The van der Waals surface area contributed by atoms with E-state index in [4.69, 9.17) is 5.11 Å². The minimum atomic E-state index is -1.06. The van der Waals surface area contributed by atoms with Gasteiger partial charge in [-0.05, 0) is 0 Å². The summed E-state index contributed by atoms with van der Waals surface area (Å²) >= 11 is 2.83. The molecule has 0 aliphatic rings. The van der Waals surface area contributed by atoms with E-state index in [1.165, 1.54) is 0 Å². The summed E-state index contributed by atoms with van der Waals surface area (Å²) < 4.78 is 1.01. The number of hydrogen-bond acceptors (Lipinski definition) is 3. The summed E-state index contributed by atoms with van der Waals surface area (Å²) in [6, 6.07) is 0. The monoisotopic (exact) mass is 191 g/mol. The Hall–Kier alpha value is -0.910. The second-order valence-corrected chi connectivity index (χ2v) is 1.96. The van der Waals surface area contributed by atoms with Crippen LogP contribution in [0.1, 0.15) is 10.5 Å². The molecule has 6 heteroatoms.